The number of aromatic nitrogens is 14. The maximum Gasteiger partial charge on any atom is 0.116 e. The quantitative estimate of drug-likeness (QED) is 0.148. The monoisotopic (exact) mass is 1410 g/mol. The number of allylic oxidation sites excluding steroid dienone is 2. The van der Waals surface area contributed by atoms with Gasteiger partial charge in [-0.2, -0.15) is 5.10 Å². The molecule has 0 bridgehead atoms. The van der Waals surface area contributed by atoms with Crippen molar-refractivity contribution in [2.45, 2.75) is 180 Å². The number of hydrogen-bond acceptors (Lipinski definition) is 7. The van der Waals surface area contributed by atoms with Crippen molar-refractivity contribution in [2.75, 3.05) is 0 Å². The molecule has 11 aromatic heterocycles. The molecule has 0 unspecified atom stereocenters. The molecule has 16 rings (SSSR count). The fraction of sp³-hybridized carbons (Fsp3) is 0.367. The number of para-hydroxylation sites is 3. The first-order valence-corrected chi connectivity index (χ1v) is 37.6. The molecule has 4 aromatic carbocycles. The molecule has 1 aliphatic carbocycles. The summed E-state index contributed by atoms with van der Waals surface area (Å²) in [4.78, 5) is 25.1. The van der Waals surface area contributed by atoms with Crippen LogP contribution >= 0.6 is 0 Å². The van der Waals surface area contributed by atoms with Gasteiger partial charge in [-0.05, 0) is 167 Å². The number of imidazole rings is 1. The van der Waals surface area contributed by atoms with Crippen molar-refractivity contribution in [3.8, 4) is 0 Å². The first-order valence-electron chi connectivity index (χ1n) is 37.6. The van der Waals surface area contributed by atoms with Gasteiger partial charge in [0.1, 0.15) is 6.33 Å². The third kappa shape index (κ3) is 25.1. The minimum Gasteiger partial charge on any atom is -0.350 e. The standard InChI is InChI=1S/C11H12.C10H11N.5C9H10N2.C8H9N3.8C2H6/c1-8-7-10-5-3-4-6-11(10)9(8)2;1-8-4-3-5-9-6-7-11(2)10(8)9;1-7-9-8(3-5-10-7)4-6-11(9)2;1-7-3-5-10-8-4-6-11(2)9(7)8;1-7-5-10-6-8-3-4-11(2)9(7)8;1-7-4-3-5-8-9(7)11(2)6-10-8;1-7-4-3-5-8-6-10-11(2)9(7)8;1-6-8-7(10-5-9-6)3-4-11(8)2;8*1-2/h3-6H,7H2,1-2H3;3-7H,1-2H3;5*3-6H,1-2H3;3-5H,1-2H3;8*1-2H3. The van der Waals surface area contributed by atoms with E-state index in [1.54, 1.807) is 6.33 Å². The second-order valence-corrected chi connectivity index (χ2v) is 22.7. The first-order chi connectivity index (χ1) is 50.3. The van der Waals surface area contributed by atoms with Gasteiger partial charge in [-0.1, -0.05) is 189 Å². The van der Waals surface area contributed by atoms with Crippen LogP contribution in [0.4, 0.5) is 0 Å². The van der Waals surface area contributed by atoms with Gasteiger partial charge in [-0.25, -0.2) is 15.0 Å². The lowest BCUT2D eigenvalue weighted by molar-refractivity contribution is 0.794. The molecule has 0 N–H and O–H groups in total. The molecule has 0 saturated carbocycles. The molecule has 11 heterocycles. The number of rotatable bonds is 0. The van der Waals surface area contributed by atoms with Crippen LogP contribution in [0.2, 0.25) is 0 Å². The van der Waals surface area contributed by atoms with Gasteiger partial charge in [-0.15, -0.1) is 0 Å². The van der Waals surface area contributed by atoms with Crippen molar-refractivity contribution in [3.63, 3.8) is 0 Å². The van der Waals surface area contributed by atoms with Crippen LogP contribution in [0, 0.1) is 48.5 Å². The maximum absolute atomic E-state index is 4.24. The molecule has 0 spiro atoms. The Morgan fingerprint density at radius 1 is 0.298 bits per heavy atom. The van der Waals surface area contributed by atoms with Crippen molar-refractivity contribution in [1.82, 2.24) is 67.1 Å². The lowest BCUT2D eigenvalue weighted by Crippen LogP contribution is -1.90. The lowest BCUT2D eigenvalue weighted by atomic mass is 10.1. The molecule has 0 atom stereocenters. The van der Waals surface area contributed by atoms with E-state index in [2.05, 4.69) is 219 Å². The molecule has 0 radical (unpaired) electrons. The minimum atomic E-state index is 1.01. The summed E-state index contributed by atoms with van der Waals surface area (Å²) in [7, 11) is 14.2. The molecule has 104 heavy (non-hydrogen) atoms. The van der Waals surface area contributed by atoms with Crippen molar-refractivity contribution in [2.24, 2.45) is 49.3 Å². The van der Waals surface area contributed by atoms with Gasteiger partial charge in [0.2, 0.25) is 0 Å². The van der Waals surface area contributed by atoms with E-state index in [-0.39, 0.29) is 0 Å². The molecule has 14 nitrogen and oxygen atoms in total. The van der Waals surface area contributed by atoms with Gasteiger partial charge in [-0.3, -0.25) is 19.6 Å². The van der Waals surface area contributed by atoms with E-state index in [0.717, 1.165) is 39.9 Å². The molecule has 0 amide bonds. The largest absolute Gasteiger partial charge is 0.350 e. The van der Waals surface area contributed by atoms with Crippen LogP contribution in [0.3, 0.4) is 0 Å². The summed E-state index contributed by atoms with van der Waals surface area (Å²) in [5, 5.41) is 9.19. The van der Waals surface area contributed by atoms with Gasteiger partial charge >= 0.3 is 0 Å². The molecule has 14 heteroatoms. The van der Waals surface area contributed by atoms with Gasteiger partial charge in [0.05, 0.1) is 79.1 Å². The number of fused-ring (bicyclic) bond motifs is 8. The minimum absolute atomic E-state index is 1.01. The molecule has 0 aliphatic heterocycles. The number of hydrogen-bond donors (Lipinski definition) is 0. The zero-order valence-electron chi connectivity index (χ0n) is 69.9. The van der Waals surface area contributed by atoms with Crippen molar-refractivity contribution < 1.29 is 0 Å². The van der Waals surface area contributed by atoms with E-state index >= 15 is 0 Å². The zero-order valence-corrected chi connectivity index (χ0v) is 69.9. The summed E-state index contributed by atoms with van der Waals surface area (Å²) in [5.74, 6) is 0. The maximum atomic E-state index is 4.24. The van der Waals surface area contributed by atoms with Crippen molar-refractivity contribution >= 4 is 82.3 Å². The second-order valence-electron chi connectivity index (χ2n) is 22.7. The van der Waals surface area contributed by atoms with E-state index < -0.39 is 0 Å². The summed E-state index contributed by atoms with van der Waals surface area (Å²) in [6.07, 6.45) is 24.2. The Morgan fingerprint density at radius 3 is 1.25 bits per heavy atom. The molecule has 1 aliphatic rings. The van der Waals surface area contributed by atoms with Gasteiger partial charge in [0.15, 0.2) is 0 Å². The Bertz CT molecular complexity index is 4110. The zero-order chi connectivity index (χ0) is 78.8. The van der Waals surface area contributed by atoms with Crippen molar-refractivity contribution in [1.29, 1.82) is 0 Å². The van der Waals surface area contributed by atoms with E-state index in [1.807, 2.05) is 260 Å². The first kappa shape index (κ1) is 91.8. The third-order valence-corrected chi connectivity index (χ3v) is 16.3. The summed E-state index contributed by atoms with van der Waals surface area (Å²) < 4.78 is 14.5. The Balaban J connectivity index is 0.000000578. The summed E-state index contributed by atoms with van der Waals surface area (Å²) in [6, 6.07) is 41.8. The van der Waals surface area contributed by atoms with Gasteiger partial charge in [0.25, 0.3) is 0 Å². The highest BCUT2D eigenvalue weighted by Crippen LogP contribution is 2.31. The number of aryl methyl sites for hydroxylation is 14. The van der Waals surface area contributed by atoms with Crippen LogP contribution in [-0.2, 0) is 55.8 Å². The van der Waals surface area contributed by atoms with Crippen molar-refractivity contribution in [3.05, 3.63) is 252 Å². The lowest BCUT2D eigenvalue weighted by Gasteiger charge is -1.98. The highest BCUT2D eigenvalue weighted by Gasteiger charge is 2.13. The normalized spacial score (nSPS) is 10.0. The topological polar surface area (TPSA) is 125 Å². The fourth-order valence-electron chi connectivity index (χ4n) is 11.7. The molecule has 560 valence electrons. The Morgan fingerprint density at radius 2 is 0.721 bits per heavy atom. The molecular formula is C90H130N14. The van der Waals surface area contributed by atoms with Gasteiger partial charge in [0, 0.05) is 121 Å². The highest BCUT2D eigenvalue weighted by atomic mass is 15.2. The van der Waals surface area contributed by atoms with Crippen LogP contribution < -0.4 is 0 Å². The van der Waals surface area contributed by atoms with E-state index in [1.165, 1.54) is 105 Å². The average Bonchev–Trinajstić information content (AvgIpc) is 1.75. The number of benzene rings is 4. The molecule has 15 aromatic rings. The van der Waals surface area contributed by atoms with Crippen LogP contribution in [0.5, 0.6) is 0 Å². The molecule has 0 fully saturated rings. The molecular weight excluding hydrogens is 1280 g/mol. The number of nitrogens with zero attached hydrogens (tertiary/aromatic N) is 14. The predicted molar refractivity (Wildman–Crippen MR) is 457 cm³/mol. The van der Waals surface area contributed by atoms with Crippen LogP contribution in [0.25, 0.3) is 82.3 Å². The summed E-state index contributed by atoms with van der Waals surface area (Å²) in [6.45, 7) is 51.0. The van der Waals surface area contributed by atoms with E-state index in [0.29, 0.717) is 0 Å². The fourth-order valence-corrected chi connectivity index (χ4v) is 11.7. The van der Waals surface area contributed by atoms with Crippen LogP contribution in [0.1, 0.15) is 175 Å². The SMILES string of the molecule is CC.CC.CC.CC.CC.CC.CC.CC.CC1=C(C)c2ccccc2C1.Cc1cccc2ccn(C)c12.Cc1cccc2cnn(C)c12.Cc1cccc2ncn(C)c12.Cc1ccnc2ccn(C)c12.Cc1cncc2ccn(C)c12.Cc1nccc2ccn(C)c12.Cc1ncnc2ccn(C)c12. The Kier molecular flexibility index (Phi) is 43.6. The molecule has 0 saturated heterocycles. The smallest absolute Gasteiger partial charge is 0.116 e. The van der Waals surface area contributed by atoms with E-state index in [9.17, 15) is 0 Å². The van der Waals surface area contributed by atoms with E-state index in [4.69, 9.17) is 0 Å². The number of pyridine rings is 3. The Labute approximate surface area is 626 Å². The van der Waals surface area contributed by atoms with Gasteiger partial charge < -0.3 is 27.4 Å². The highest BCUT2D eigenvalue weighted by molar-refractivity contribution is 5.85. The van der Waals surface area contributed by atoms with Crippen LogP contribution in [0.15, 0.2) is 202 Å². The van der Waals surface area contributed by atoms with Crippen LogP contribution in [-0.4, -0.2) is 67.1 Å². The average molecular weight is 1410 g/mol. The second kappa shape index (κ2) is 49.4. The summed E-state index contributed by atoms with van der Waals surface area (Å²) >= 11 is 0. The summed E-state index contributed by atoms with van der Waals surface area (Å²) in [5.41, 5.74) is 26.3. The Hall–Kier alpha value is -10.2. The third-order valence-electron chi connectivity index (χ3n) is 16.3. The predicted octanol–water partition coefficient (Wildman–Crippen LogP) is 24.4.